The zero-order valence-corrected chi connectivity index (χ0v) is 12.7. The van der Waals surface area contributed by atoms with Gasteiger partial charge in [-0.2, -0.15) is 0 Å². The lowest BCUT2D eigenvalue weighted by molar-refractivity contribution is -0.119. The van der Waals surface area contributed by atoms with E-state index < -0.39 is 0 Å². The van der Waals surface area contributed by atoms with Crippen LogP contribution in [-0.2, 0) is 17.6 Å². The molecule has 3 rings (SSSR count). The molecule has 1 aliphatic rings. The minimum absolute atomic E-state index is 0.0586. The number of carbonyl (C=O) groups is 1. The van der Waals surface area contributed by atoms with Crippen molar-refractivity contribution in [1.82, 2.24) is 10.3 Å². The molecule has 0 saturated heterocycles. The van der Waals surface area contributed by atoms with E-state index in [9.17, 15) is 4.79 Å². The van der Waals surface area contributed by atoms with Crippen molar-refractivity contribution in [2.45, 2.75) is 32.6 Å². The van der Waals surface area contributed by atoms with Gasteiger partial charge >= 0.3 is 0 Å². The number of hydrogen-bond donors (Lipinski definition) is 2. The highest BCUT2D eigenvalue weighted by molar-refractivity contribution is 5.86. The number of methoxy groups -OCH3 is 1. The van der Waals surface area contributed by atoms with Gasteiger partial charge in [-0.1, -0.05) is 0 Å². The molecule has 1 heterocycles. The van der Waals surface area contributed by atoms with Crippen molar-refractivity contribution in [3.05, 3.63) is 29.5 Å². The summed E-state index contributed by atoms with van der Waals surface area (Å²) in [5, 5.41) is 4.19. The number of benzene rings is 1. The summed E-state index contributed by atoms with van der Waals surface area (Å²) in [7, 11) is 1.70. The van der Waals surface area contributed by atoms with E-state index in [-0.39, 0.29) is 5.91 Å². The highest BCUT2D eigenvalue weighted by Crippen LogP contribution is 2.34. The molecule has 2 N–H and O–H groups in total. The van der Waals surface area contributed by atoms with Crippen LogP contribution in [0, 0.1) is 5.92 Å². The van der Waals surface area contributed by atoms with Crippen LogP contribution in [0.3, 0.4) is 0 Å². The number of aryl methyl sites for hydroxylation is 1. The van der Waals surface area contributed by atoms with E-state index >= 15 is 0 Å². The predicted octanol–water partition coefficient (Wildman–Crippen LogP) is 2.81. The minimum Gasteiger partial charge on any atom is -0.497 e. The molecular formula is C17H22N2O2. The van der Waals surface area contributed by atoms with E-state index in [0.29, 0.717) is 5.92 Å². The molecule has 4 heteroatoms. The van der Waals surface area contributed by atoms with Gasteiger partial charge < -0.3 is 15.0 Å². The Morgan fingerprint density at radius 3 is 3.10 bits per heavy atom. The number of aromatic nitrogens is 1. The third kappa shape index (κ3) is 2.89. The van der Waals surface area contributed by atoms with E-state index in [1.54, 1.807) is 14.0 Å². The number of nitrogens with one attached hydrogen (secondary N) is 2. The molecule has 1 amide bonds. The Labute approximate surface area is 124 Å². The average molecular weight is 286 g/mol. The summed E-state index contributed by atoms with van der Waals surface area (Å²) in [6, 6.07) is 6.22. The van der Waals surface area contributed by atoms with Crippen molar-refractivity contribution < 1.29 is 9.53 Å². The van der Waals surface area contributed by atoms with E-state index in [4.69, 9.17) is 4.74 Å². The van der Waals surface area contributed by atoms with Crippen molar-refractivity contribution in [3.63, 3.8) is 0 Å². The number of hydrogen-bond acceptors (Lipinski definition) is 2. The van der Waals surface area contributed by atoms with Crippen molar-refractivity contribution >= 4 is 16.8 Å². The highest BCUT2D eigenvalue weighted by Gasteiger charge is 2.22. The highest BCUT2D eigenvalue weighted by atomic mass is 16.5. The maximum atomic E-state index is 11.0. The first-order valence-electron chi connectivity index (χ1n) is 7.59. The molecule has 0 aliphatic heterocycles. The number of ether oxygens (including phenoxy) is 1. The summed E-state index contributed by atoms with van der Waals surface area (Å²) in [4.78, 5) is 14.5. The Morgan fingerprint density at radius 2 is 2.33 bits per heavy atom. The molecule has 4 nitrogen and oxygen atoms in total. The molecule has 0 spiro atoms. The second kappa shape index (κ2) is 5.80. The van der Waals surface area contributed by atoms with E-state index in [0.717, 1.165) is 31.6 Å². The minimum atomic E-state index is 0.0586. The molecule has 112 valence electrons. The van der Waals surface area contributed by atoms with Gasteiger partial charge in [-0.05, 0) is 55.4 Å². The van der Waals surface area contributed by atoms with Crippen LogP contribution in [-0.4, -0.2) is 24.5 Å². The summed E-state index contributed by atoms with van der Waals surface area (Å²) in [5.74, 6) is 1.61. The molecular weight excluding hydrogens is 264 g/mol. The van der Waals surface area contributed by atoms with Crippen molar-refractivity contribution in [1.29, 1.82) is 0 Å². The molecule has 1 aromatic carbocycles. The second-order valence-electron chi connectivity index (χ2n) is 5.87. The van der Waals surface area contributed by atoms with Crippen LogP contribution in [0.4, 0.5) is 0 Å². The lowest BCUT2D eigenvalue weighted by Gasteiger charge is -2.22. The van der Waals surface area contributed by atoms with E-state index in [1.807, 2.05) is 6.07 Å². The van der Waals surface area contributed by atoms with Crippen LogP contribution in [0.5, 0.6) is 5.75 Å². The zero-order chi connectivity index (χ0) is 14.8. The fraction of sp³-hybridized carbons (Fsp3) is 0.471. The summed E-state index contributed by atoms with van der Waals surface area (Å²) >= 11 is 0. The maximum absolute atomic E-state index is 11.0. The average Bonchev–Trinajstić information content (AvgIpc) is 2.84. The third-order valence-corrected chi connectivity index (χ3v) is 4.42. The van der Waals surface area contributed by atoms with Gasteiger partial charge in [0.1, 0.15) is 5.75 Å². The topological polar surface area (TPSA) is 54.1 Å². The first-order valence-corrected chi connectivity index (χ1v) is 7.59. The molecule has 0 radical (unpaired) electrons. The van der Waals surface area contributed by atoms with Gasteiger partial charge in [0.05, 0.1) is 7.11 Å². The number of amides is 1. The third-order valence-electron chi connectivity index (χ3n) is 4.42. The molecule has 1 atom stereocenters. The molecule has 21 heavy (non-hydrogen) atoms. The predicted molar refractivity (Wildman–Crippen MR) is 83.7 cm³/mol. The SMILES string of the molecule is COc1ccc2[nH]c3c(c2c1)CC(CCNC(C)=O)CC3. The van der Waals surface area contributed by atoms with Crippen LogP contribution in [0.15, 0.2) is 18.2 Å². The number of aromatic amines is 1. The summed E-state index contributed by atoms with van der Waals surface area (Å²) in [6.45, 7) is 2.35. The first-order chi connectivity index (χ1) is 10.2. The summed E-state index contributed by atoms with van der Waals surface area (Å²) in [5.41, 5.74) is 4.00. The Bertz CT molecular complexity index is 660. The zero-order valence-electron chi connectivity index (χ0n) is 12.7. The largest absolute Gasteiger partial charge is 0.497 e. The molecule has 0 bridgehead atoms. The van der Waals surface area contributed by atoms with Crippen LogP contribution in [0.2, 0.25) is 0 Å². The molecule has 1 aliphatic carbocycles. The molecule has 2 aromatic rings. The quantitative estimate of drug-likeness (QED) is 0.908. The van der Waals surface area contributed by atoms with Gasteiger partial charge in [0, 0.05) is 30.1 Å². The Morgan fingerprint density at radius 1 is 1.48 bits per heavy atom. The van der Waals surface area contributed by atoms with Crippen molar-refractivity contribution in [2.24, 2.45) is 5.92 Å². The van der Waals surface area contributed by atoms with Gasteiger partial charge in [0.25, 0.3) is 0 Å². The van der Waals surface area contributed by atoms with E-state index in [2.05, 4.69) is 22.4 Å². The van der Waals surface area contributed by atoms with Gasteiger partial charge in [0.2, 0.25) is 5.91 Å². The van der Waals surface area contributed by atoms with Crippen LogP contribution < -0.4 is 10.1 Å². The molecule has 1 unspecified atom stereocenters. The normalized spacial score (nSPS) is 17.5. The number of H-pyrrole nitrogens is 1. The van der Waals surface area contributed by atoms with Gasteiger partial charge in [0.15, 0.2) is 0 Å². The Balaban J connectivity index is 1.78. The van der Waals surface area contributed by atoms with Gasteiger partial charge in [-0.3, -0.25) is 4.79 Å². The number of rotatable bonds is 4. The fourth-order valence-electron chi connectivity index (χ4n) is 3.29. The molecule has 1 aromatic heterocycles. The van der Waals surface area contributed by atoms with Crippen LogP contribution in [0.25, 0.3) is 10.9 Å². The lowest BCUT2D eigenvalue weighted by atomic mass is 9.84. The standard InChI is InChI=1S/C17H22N2O2/c1-11(20)18-8-7-12-3-5-16-14(9-12)15-10-13(21-2)4-6-17(15)19-16/h4,6,10,12,19H,3,5,7-9H2,1-2H3,(H,18,20). The van der Waals surface area contributed by atoms with E-state index in [1.165, 1.54) is 28.6 Å². The Kier molecular flexibility index (Phi) is 3.86. The van der Waals surface area contributed by atoms with Crippen LogP contribution >= 0.6 is 0 Å². The Hall–Kier alpha value is -1.97. The second-order valence-corrected chi connectivity index (χ2v) is 5.87. The van der Waals surface area contributed by atoms with Gasteiger partial charge in [-0.15, -0.1) is 0 Å². The molecule has 0 saturated carbocycles. The van der Waals surface area contributed by atoms with Gasteiger partial charge in [-0.25, -0.2) is 0 Å². The molecule has 0 fully saturated rings. The number of carbonyl (C=O) groups excluding carboxylic acids is 1. The lowest BCUT2D eigenvalue weighted by Crippen LogP contribution is -2.25. The van der Waals surface area contributed by atoms with Crippen molar-refractivity contribution in [3.8, 4) is 5.75 Å². The van der Waals surface area contributed by atoms with Crippen LogP contribution in [0.1, 0.15) is 31.0 Å². The maximum Gasteiger partial charge on any atom is 0.216 e. The summed E-state index contributed by atoms with van der Waals surface area (Å²) in [6.07, 6.45) is 4.42. The fourth-order valence-corrected chi connectivity index (χ4v) is 3.29. The first kappa shape index (κ1) is 14.0. The summed E-state index contributed by atoms with van der Waals surface area (Å²) < 4.78 is 5.34. The smallest absolute Gasteiger partial charge is 0.216 e. The monoisotopic (exact) mass is 286 g/mol. The van der Waals surface area contributed by atoms with Crippen molar-refractivity contribution in [2.75, 3.05) is 13.7 Å². The number of fused-ring (bicyclic) bond motifs is 3.